The normalized spacial score (nSPS) is 9.69. The number of benzene rings is 1. The summed E-state index contributed by atoms with van der Waals surface area (Å²) in [7, 11) is 0. The van der Waals surface area contributed by atoms with Gasteiger partial charge in [-0.15, -0.1) is 11.8 Å². The van der Waals surface area contributed by atoms with Gasteiger partial charge in [0.05, 0.1) is 5.56 Å². The molecule has 0 amide bonds. The largest absolute Gasteiger partial charge is 0.192 e. The molecule has 68 valence electrons. The minimum absolute atomic E-state index is 0.801. The predicted octanol–water partition coefficient (Wildman–Crippen LogP) is 3.29. The maximum absolute atomic E-state index is 8.90. The highest BCUT2D eigenvalue weighted by molar-refractivity contribution is 7.99. The summed E-state index contributed by atoms with van der Waals surface area (Å²) in [5.74, 6) is 1.01. The number of nitriles is 1. The average molecular weight is 191 g/mol. The van der Waals surface area contributed by atoms with Gasteiger partial charge in [-0.25, -0.2) is 0 Å². The molecular formula is C11H13NS. The SMILES string of the molecule is CCSc1cc(C)c(C)cc1C#N. The van der Waals surface area contributed by atoms with Crippen molar-refractivity contribution >= 4 is 11.8 Å². The lowest BCUT2D eigenvalue weighted by Gasteiger charge is -2.05. The zero-order valence-corrected chi connectivity index (χ0v) is 9.03. The van der Waals surface area contributed by atoms with Crippen LogP contribution >= 0.6 is 11.8 Å². The van der Waals surface area contributed by atoms with Gasteiger partial charge in [-0.2, -0.15) is 5.26 Å². The zero-order valence-electron chi connectivity index (χ0n) is 8.22. The van der Waals surface area contributed by atoms with Crippen LogP contribution in [0.2, 0.25) is 0 Å². The molecule has 0 radical (unpaired) electrons. The van der Waals surface area contributed by atoms with Crippen LogP contribution in [0.25, 0.3) is 0 Å². The van der Waals surface area contributed by atoms with Crippen LogP contribution in [-0.4, -0.2) is 5.75 Å². The molecule has 0 aromatic heterocycles. The molecule has 0 aliphatic heterocycles. The Kier molecular flexibility index (Phi) is 3.39. The van der Waals surface area contributed by atoms with Crippen LogP contribution < -0.4 is 0 Å². The van der Waals surface area contributed by atoms with E-state index in [2.05, 4.69) is 26.0 Å². The molecule has 0 saturated heterocycles. The third-order valence-corrected chi connectivity index (χ3v) is 2.95. The number of rotatable bonds is 2. The molecule has 2 heteroatoms. The van der Waals surface area contributed by atoms with Crippen molar-refractivity contribution in [2.45, 2.75) is 25.7 Å². The highest BCUT2D eigenvalue weighted by atomic mass is 32.2. The lowest BCUT2D eigenvalue weighted by molar-refractivity contribution is 1.25. The van der Waals surface area contributed by atoms with Crippen LogP contribution in [0.5, 0.6) is 0 Å². The highest BCUT2D eigenvalue weighted by Crippen LogP contribution is 2.25. The number of hydrogen-bond acceptors (Lipinski definition) is 2. The van der Waals surface area contributed by atoms with Crippen LogP contribution in [0.1, 0.15) is 23.6 Å². The number of aryl methyl sites for hydroxylation is 2. The van der Waals surface area contributed by atoms with Crippen molar-refractivity contribution in [1.82, 2.24) is 0 Å². The summed E-state index contributed by atoms with van der Waals surface area (Å²) in [6.07, 6.45) is 0. The van der Waals surface area contributed by atoms with Crippen LogP contribution in [0.15, 0.2) is 17.0 Å². The lowest BCUT2D eigenvalue weighted by Crippen LogP contribution is -1.87. The Morgan fingerprint density at radius 2 is 1.92 bits per heavy atom. The zero-order chi connectivity index (χ0) is 9.84. The second kappa shape index (κ2) is 4.34. The van der Waals surface area contributed by atoms with E-state index in [1.54, 1.807) is 11.8 Å². The van der Waals surface area contributed by atoms with E-state index in [0.717, 1.165) is 16.2 Å². The summed E-state index contributed by atoms with van der Waals surface area (Å²) < 4.78 is 0. The van der Waals surface area contributed by atoms with E-state index in [4.69, 9.17) is 5.26 Å². The fraction of sp³-hybridized carbons (Fsp3) is 0.364. The average Bonchev–Trinajstić information content (AvgIpc) is 2.11. The Morgan fingerprint density at radius 1 is 1.31 bits per heavy atom. The van der Waals surface area contributed by atoms with Crippen molar-refractivity contribution in [3.8, 4) is 6.07 Å². The quantitative estimate of drug-likeness (QED) is 0.670. The fourth-order valence-corrected chi connectivity index (χ4v) is 1.98. The molecule has 1 nitrogen and oxygen atoms in total. The van der Waals surface area contributed by atoms with Gasteiger partial charge in [0.2, 0.25) is 0 Å². The van der Waals surface area contributed by atoms with Gasteiger partial charge < -0.3 is 0 Å². The van der Waals surface area contributed by atoms with Gasteiger partial charge in [-0.05, 0) is 42.9 Å². The van der Waals surface area contributed by atoms with Gasteiger partial charge in [0.25, 0.3) is 0 Å². The molecule has 0 atom stereocenters. The molecule has 0 spiro atoms. The topological polar surface area (TPSA) is 23.8 Å². The number of nitrogens with zero attached hydrogens (tertiary/aromatic N) is 1. The van der Waals surface area contributed by atoms with Crippen LogP contribution in [0.3, 0.4) is 0 Å². The fourth-order valence-electron chi connectivity index (χ4n) is 1.15. The molecule has 0 aliphatic carbocycles. The predicted molar refractivity (Wildman–Crippen MR) is 57.0 cm³/mol. The summed E-state index contributed by atoms with van der Waals surface area (Å²) in [5, 5.41) is 8.90. The lowest BCUT2D eigenvalue weighted by atomic mass is 10.1. The molecule has 1 aromatic rings. The molecule has 0 N–H and O–H groups in total. The van der Waals surface area contributed by atoms with Crippen molar-refractivity contribution in [3.63, 3.8) is 0 Å². The molecule has 0 unspecified atom stereocenters. The maximum atomic E-state index is 8.90. The molecule has 0 aliphatic rings. The standard InChI is InChI=1S/C11H13NS/c1-4-13-11-6-9(3)8(2)5-10(11)7-12/h5-6H,4H2,1-3H3. The van der Waals surface area contributed by atoms with E-state index in [1.165, 1.54) is 11.1 Å². The molecule has 13 heavy (non-hydrogen) atoms. The van der Waals surface area contributed by atoms with E-state index < -0.39 is 0 Å². The summed E-state index contributed by atoms with van der Waals surface area (Å²) in [5.41, 5.74) is 3.25. The van der Waals surface area contributed by atoms with Gasteiger partial charge in [-0.1, -0.05) is 6.92 Å². The number of hydrogen-bond donors (Lipinski definition) is 0. The molecule has 0 saturated carbocycles. The maximum Gasteiger partial charge on any atom is 0.100 e. The van der Waals surface area contributed by atoms with E-state index >= 15 is 0 Å². The van der Waals surface area contributed by atoms with Crippen molar-refractivity contribution in [2.75, 3.05) is 5.75 Å². The van der Waals surface area contributed by atoms with E-state index in [0.29, 0.717) is 0 Å². The first-order chi connectivity index (χ1) is 6.19. The Morgan fingerprint density at radius 3 is 2.46 bits per heavy atom. The van der Waals surface area contributed by atoms with Crippen molar-refractivity contribution < 1.29 is 0 Å². The molecular weight excluding hydrogens is 178 g/mol. The summed E-state index contributed by atoms with van der Waals surface area (Å²) in [6.45, 7) is 6.22. The molecule has 1 aromatic carbocycles. The Hall–Kier alpha value is -0.940. The van der Waals surface area contributed by atoms with Crippen molar-refractivity contribution in [3.05, 3.63) is 28.8 Å². The van der Waals surface area contributed by atoms with Gasteiger partial charge in [-0.3, -0.25) is 0 Å². The Bertz CT molecular complexity index is 350. The first-order valence-electron chi connectivity index (χ1n) is 4.33. The van der Waals surface area contributed by atoms with E-state index in [-0.39, 0.29) is 0 Å². The van der Waals surface area contributed by atoms with E-state index in [9.17, 15) is 0 Å². The smallest absolute Gasteiger partial charge is 0.100 e. The van der Waals surface area contributed by atoms with Gasteiger partial charge in [0.1, 0.15) is 6.07 Å². The monoisotopic (exact) mass is 191 g/mol. The first-order valence-corrected chi connectivity index (χ1v) is 5.31. The third kappa shape index (κ3) is 2.26. The molecule has 0 fully saturated rings. The van der Waals surface area contributed by atoms with Crippen LogP contribution in [-0.2, 0) is 0 Å². The van der Waals surface area contributed by atoms with Gasteiger partial charge >= 0.3 is 0 Å². The summed E-state index contributed by atoms with van der Waals surface area (Å²) >= 11 is 1.73. The van der Waals surface area contributed by atoms with Crippen LogP contribution in [0.4, 0.5) is 0 Å². The second-order valence-electron chi connectivity index (χ2n) is 2.98. The first kappa shape index (κ1) is 10.1. The van der Waals surface area contributed by atoms with Gasteiger partial charge in [0.15, 0.2) is 0 Å². The number of thioether (sulfide) groups is 1. The molecule has 0 bridgehead atoms. The van der Waals surface area contributed by atoms with Gasteiger partial charge in [0, 0.05) is 4.90 Å². The van der Waals surface area contributed by atoms with Crippen molar-refractivity contribution in [2.24, 2.45) is 0 Å². The summed E-state index contributed by atoms with van der Waals surface area (Å²) in [4.78, 5) is 1.10. The molecule has 0 heterocycles. The Balaban J connectivity index is 3.18. The van der Waals surface area contributed by atoms with E-state index in [1.807, 2.05) is 13.0 Å². The third-order valence-electron chi connectivity index (χ3n) is 2.02. The second-order valence-corrected chi connectivity index (χ2v) is 4.28. The molecule has 1 rings (SSSR count). The highest BCUT2D eigenvalue weighted by Gasteiger charge is 2.03. The summed E-state index contributed by atoms with van der Waals surface area (Å²) in [6, 6.07) is 6.29. The minimum Gasteiger partial charge on any atom is -0.192 e. The Labute approximate surface area is 83.8 Å². The van der Waals surface area contributed by atoms with Crippen LogP contribution in [0, 0.1) is 25.2 Å². The minimum atomic E-state index is 0.801. The van der Waals surface area contributed by atoms with Crippen molar-refractivity contribution in [1.29, 1.82) is 5.26 Å².